The van der Waals surface area contributed by atoms with E-state index in [2.05, 4.69) is 11.8 Å². The Bertz CT molecular complexity index is 446. The maximum Gasteiger partial charge on any atom is 0.127 e. The predicted molar refractivity (Wildman–Crippen MR) is 64.8 cm³/mol. The van der Waals surface area contributed by atoms with Crippen LogP contribution in [0.25, 0.3) is 0 Å². The summed E-state index contributed by atoms with van der Waals surface area (Å²) in [5.41, 5.74) is 1.13. The zero-order valence-corrected chi connectivity index (χ0v) is 10.3. The van der Waals surface area contributed by atoms with Crippen molar-refractivity contribution < 1.29 is 4.39 Å². The minimum absolute atomic E-state index is 0.223. The molecule has 0 radical (unpaired) electrons. The molecule has 1 atom stereocenters. The number of nitriles is 1. The van der Waals surface area contributed by atoms with Gasteiger partial charge in [0, 0.05) is 18.2 Å². The van der Waals surface area contributed by atoms with Crippen molar-refractivity contribution in [3.63, 3.8) is 0 Å². The van der Waals surface area contributed by atoms with Gasteiger partial charge < -0.3 is 0 Å². The molecule has 1 aromatic rings. The molecule has 0 aliphatic heterocycles. The molecule has 3 heteroatoms. The normalized spacial score (nSPS) is 16.9. The van der Waals surface area contributed by atoms with E-state index in [1.54, 1.807) is 6.07 Å². The van der Waals surface area contributed by atoms with Gasteiger partial charge in [-0.25, -0.2) is 4.39 Å². The van der Waals surface area contributed by atoms with Crippen LogP contribution >= 0.6 is 0 Å². The van der Waals surface area contributed by atoms with Crippen molar-refractivity contribution in [2.75, 3.05) is 7.05 Å². The first-order valence-corrected chi connectivity index (χ1v) is 6.00. The topological polar surface area (TPSA) is 27.0 Å². The molecule has 0 heterocycles. The third-order valence-corrected chi connectivity index (χ3v) is 3.59. The van der Waals surface area contributed by atoms with E-state index >= 15 is 0 Å². The minimum Gasteiger partial charge on any atom is -0.299 e. The highest BCUT2D eigenvalue weighted by Gasteiger charge is 2.30. The lowest BCUT2D eigenvalue weighted by atomic mass is 10.1. The van der Waals surface area contributed by atoms with Crippen LogP contribution < -0.4 is 0 Å². The molecule has 90 valence electrons. The quantitative estimate of drug-likeness (QED) is 0.798. The van der Waals surface area contributed by atoms with E-state index < -0.39 is 0 Å². The molecule has 0 N–H and O–H groups in total. The highest BCUT2D eigenvalue weighted by atomic mass is 19.1. The summed E-state index contributed by atoms with van der Waals surface area (Å²) in [4.78, 5) is 2.16. The minimum atomic E-state index is -0.223. The van der Waals surface area contributed by atoms with Crippen molar-refractivity contribution in [3.8, 4) is 6.07 Å². The Hall–Kier alpha value is -1.40. The number of benzene rings is 1. The first kappa shape index (κ1) is 12.1. The molecule has 0 amide bonds. The zero-order valence-electron chi connectivity index (χ0n) is 10.3. The van der Waals surface area contributed by atoms with Crippen molar-refractivity contribution in [1.82, 2.24) is 4.90 Å². The SMILES string of the molecule is CC(C1CC1)N(C)Cc1cc(C#N)ccc1F. The second-order valence-electron chi connectivity index (χ2n) is 4.91. The molecule has 0 bridgehead atoms. The molecular weight excluding hydrogens is 215 g/mol. The Balaban J connectivity index is 2.09. The van der Waals surface area contributed by atoms with Gasteiger partial charge in [0.1, 0.15) is 5.82 Å². The van der Waals surface area contributed by atoms with Crippen LogP contribution in [0, 0.1) is 23.1 Å². The Labute approximate surface area is 102 Å². The highest BCUT2D eigenvalue weighted by molar-refractivity contribution is 5.33. The lowest BCUT2D eigenvalue weighted by Crippen LogP contribution is -2.30. The van der Waals surface area contributed by atoms with E-state index in [-0.39, 0.29) is 5.82 Å². The fourth-order valence-electron chi connectivity index (χ4n) is 2.12. The van der Waals surface area contributed by atoms with Gasteiger partial charge in [-0.05, 0) is 50.9 Å². The Morgan fingerprint density at radius 1 is 1.53 bits per heavy atom. The summed E-state index contributed by atoms with van der Waals surface area (Å²) >= 11 is 0. The average Bonchev–Trinajstić information content (AvgIpc) is 3.15. The molecule has 1 unspecified atom stereocenters. The van der Waals surface area contributed by atoms with Gasteiger partial charge in [-0.15, -0.1) is 0 Å². The number of halogens is 1. The summed E-state index contributed by atoms with van der Waals surface area (Å²) in [5, 5.41) is 8.81. The maximum absolute atomic E-state index is 13.6. The van der Waals surface area contributed by atoms with Crippen molar-refractivity contribution >= 4 is 0 Å². The largest absolute Gasteiger partial charge is 0.299 e. The molecule has 1 aromatic carbocycles. The van der Waals surface area contributed by atoms with Crippen molar-refractivity contribution in [2.45, 2.75) is 32.4 Å². The lowest BCUT2D eigenvalue weighted by Gasteiger charge is -2.24. The summed E-state index contributed by atoms with van der Waals surface area (Å²) in [6, 6.07) is 7.07. The second-order valence-corrected chi connectivity index (χ2v) is 4.91. The van der Waals surface area contributed by atoms with E-state index in [1.807, 2.05) is 13.1 Å². The van der Waals surface area contributed by atoms with Crippen LogP contribution in [0.5, 0.6) is 0 Å². The van der Waals surface area contributed by atoms with Gasteiger partial charge in [0.2, 0.25) is 0 Å². The van der Waals surface area contributed by atoms with Crippen LogP contribution in [0.1, 0.15) is 30.9 Å². The maximum atomic E-state index is 13.6. The fraction of sp³-hybridized carbons (Fsp3) is 0.500. The molecule has 1 aliphatic rings. The Kier molecular flexibility index (Phi) is 3.44. The molecule has 2 nitrogen and oxygen atoms in total. The molecule has 1 fully saturated rings. The van der Waals surface area contributed by atoms with Crippen LogP contribution in [0.4, 0.5) is 4.39 Å². The second kappa shape index (κ2) is 4.85. The van der Waals surface area contributed by atoms with E-state index in [9.17, 15) is 4.39 Å². The van der Waals surface area contributed by atoms with E-state index in [0.717, 1.165) is 5.92 Å². The molecule has 0 aromatic heterocycles. The van der Waals surface area contributed by atoms with Crippen molar-refractivity contribution in [1.29, 1.82) is 5.26 Å². The van der Waals surface area contributed by atoms with Gasteiger partial charge in [-0.1, -0.05) is 0 Å². The predicted octanol–water partition coefficient (Wildman–Crippen LogP) is 2.93. The summed E-state index contributed by atoms with van der Waals surface area (Å²) in [6.45, 7) is 2.75. The van der Waals surface area contributed by atoms with Gasteiger partial charge in [0.15, 0.2) is 0 Å². The number of nitrogens with zero attached hydrogens (tertiary/aromatic N) is 2. The van der Waals surface area contributed by atoms with Crippen molar-refractivity contribution in [2.24, 2.45) is 5.92 Å². The summed E-state index contributed by atoms with van der Waals surface area (Å²) in [5.74, 6) is 0.543. The molecule has 1 saturated carbocycles. The first-order chi connectivity index (χ1) is 8.11. The molecule has 1 aliphatic carbocycles. The van der Waals surface area contributed by atoms with Gasteiger partial charge in [0.25, 0.3) is 0 Å². The smallest absolute Gasteiger partial charge is 0.127 e. The van der Waals surface area contributed by atoms with Crippen LogP contribution in [0.3, 0.4) is 0 Å². The van der Waals surface area contributed by atoms with Gasteiger partial charge >= 0.3 is 0 Å². The summed E-state index contributed by atoms with van der Waals surface area (Å²) in [7, 11) is 2.02. The van der Waals surface area contributed by atoms with E-state index in [0.29, 0.717) is 23.7 Å². The van der Waals surface area contributed by atoms with Crippen LogP contribution in [-0.4, -0.2) is 18.0 Å². The number of rotatable bonds is 4. The Morgan fingerprint density at radius 3 is 2.82 bits per heavy atom. The van der Waals surface area contributed by atoms with Gasteiger partial charge in [-0.3, -0.25) is 4.90 Å². The highest BCUT2D eigenvalue weighted by Crippen LogP contribution is 2.35. The number of hydrogen-bond acceptors (Lipinski definition) is 2. The molecular formula is C14H17FN2. The summed E-state index contributed by atoms with van der Waals surface area (Å²) < 4.78 is 13.6. The summed E-state index contributed by atoms with van der Waals surface area (Å²) in [6.07, 6.45) is 2.57. The first-order valence-electron chi connectivity index (χ1n) is 6.00. The van der Waals surface area contributed by atoms with Crippen LogP contribution in [-0.2, 0) is 6.54 Å². The molecule has 2 rings (SSSR count). The zero-order chi connectivity index (χ0) is 12.4. The van der Waals surface area contributed by atoms with Crippen molar-refractivity contribution in [3.05, 3.63) is 35.1 Å². The van der Waals surface area contributed by atoms with Crippen LogP contribution in [0.2, 0.25) is 0 Å². The lowest BCUT2D eigenvalue weighted by molar-refractivity contribution is 0.224. The molecule has 0 spiro atoms. The average molecular weight is 232 g/mol. The van der Waals surface area contributed by atoms with Gasteiger partial charge in [0.05, 0.1) is 11.6 Å². The Morgan fingerprint density at radius 2 is 2.24 bits per heavy atom. The third kappa shape index (κ3) is 2.83. The van der Waals surface area contributed by atoms with E-state index in [4.69, 9.17) is 5.26 Å². The van der Waals surface area contributed by atoms with Gasteiger partial charge in [-0.2, -0.15) is 5.26 Å². The third-order valence-electron chi connectivity index (χ3n) is 3.59. The molecule has 0 saturated heterocycles. The standard InChI is InChI=1S/C14H17FN2/c1-10(12-4-5-12)17(2)9-13-7-11(8-16)3-6-14(13)15/h3,6-7,10,12H,4-5,9H2,1-2H3. The monoisotopic (exact) mass is 232 g/mol. The number of hydrogen-bond donors (Lipinski definition) is 0. The van der Waals surface area contributed by atoms with E-state index in [1.165, 1.54) is 25.0 Å². The fourth-order valence-corrected chi connectivity index (χ4v) is 2.12. The molecule has 17 heavy (non-hydrogen) atoms. The van der Waals surface area contributed by atoms with Crippen LogP contribution in [0.15, 0.2) is 18.2 Å².